The zero-order chi connectivity index (χ0) is 17.1. The van der Waals surface area contributed by atoms with E-state index in [0.29, 0.717) is 35.6 Å². The number of aromatic nitrogens is 1. The predicted molar refractivity (Wildman–Crippen MR) is 95.0 cm³/mol. The summed E-state index contributed by atoms with van der Waals surface area (Å²) in [5, 5.41) is 13.8. The first-order valence-electron chi connectivity index (χ1n) is 8.15. The van der Waals surface area contributed by atoms with Crippen LogP contribution in [-0.2, 0) is 0 Å². The fourth-order valence-corrected chi connectivity index (χ4v) is 2.59. The summed E-state index contributed by atoms with van der Waals surface area (Å²) in [6.07, 6.45) is 2.04. The van der Waals surface area contributed by atoms with Crippen molar-refractivity contribution in [1.29, 1.82) is 0 Å². The highest BCUT2D eigenvalue weighted by atomic mass is 16.3. The molecule has 0 unspecified atom stereocenters. The second-order valence-electron chi connectivity index (χ2n) is 5.77. The number of nitrogens with two attached hydrogens (primary N) is 1. The molecule has 6 nitrogen and oxygen atoms in total. The smallest absolute Gasteiger partial charge is 0.155 e. The first kappa shape index (κ1) is 16.3. The molecule has 0 atom stereocenters. The van der Waals surface area contributed by atoms with Gasteiger partial charge in [-0.2, -0.15) is 0 Å². The van der Waals surface area contributed by atoms with Crippen molar-refractivity contribution >= 4 is 16.8 Å². The van der Waals surface area contributed by atoms with E-state index in [0.717, 1.165) is 29.6 Å². The number of phenols is 1. The molecule has 0 radical (unpaired) electrons. The van der Waals surface area contributed by atoms with Crippen molar-refractivity contribution in [2.24, 2.45) is 10.7 Å². The summed E-state index contributed by atoms with van der Waals surface area (Å²) in [6, 6.07) is 7.17. The fourth-order valence-electron chi connectivity index (χ4n) is 2.59. The third-order valence-corrected chi connectivity index (χ3v) is 3.91. The molecule has 126 valence electrons. The average molecular weight is 326 g/mol. The lowest BCUT2D eigenvalue weighted by Gasteiger charge is -2.11. The van der Waals surface area contributed by atoms with E-state index in [-0.39, 0.29) is 5.75 Å². The highest BCUT2D eigenvalue weighted by Crippen LogP contribution is 2.29. The standard InChI is InChI=1S/C18H22N4O2/c1-3-4-5-20-13-9-18-15(7-16(13)23)22-14-6-11(2)12(21-10-19)8-17(14)24-18/h6-9,21,23H,3-5,10,19H2,1-2H3/b20-13-. The molecule has 1 heterocycles. The molecule has 0 fully saturated rings. The maximum absolute atomic E-state index is 10.1. The first-order valence-corrected chi connectivity index (χ1v) is 8.15. The van der Waals surface area contributed by atoms with E-state index in [1.165, 1.54) is 0 Å². The van der Waals surface area contributed by atoms with Gasteiger partial charge in [-0.05, 0) is 25.0 Å². The SMILES string of the molecule is CCCC/N=c1/cc2oc3cc(NCN)c(C)cc3nc-2cc1O. The molecule has 0 saturated heterocycles. The number of aromatic hydroxyl groups is 1. The Kier molecular flexibility index (Phi) is 4.66. The van der Waals surface area contributed by atoms with Crippen molar-refractivity contribution < 1.29 is 9.52 Å². The Labute approximate surface area is 140 Å². The summed E-state index contributed by atoms with van der Waals surface area (Å²) >= 11 is 0. The minimum Gasteiger partial charge on any atom is -0.506 e. The lowest BCUT2D eigenvalue weighted by atomic mass is 10.1. The Bertz CT molecular complexity index is 902. The third-order valence-electron chi connectivity index (χ3n) is 3.91. The molecule has 0 spiro atoms. The van der Waals surface area contributed by atoms with E-state index in [2.05, 4.69) is 22.2 Å². The molecule has 0 saturated carbocycles. The summed E-state index contributed by atoms with van der Waals surface area (Å²) in [6.45, 7) is 5.12. The number of hydrogen-bond donors (Lipinski definition) is 3. The molecule has 4 N–H and O–H groups in total. The van der Waals surface area contributed by atoms with Gasteiger partial charge in [0.25, 0.3) is 0 Å². The van der Waals surface area contributed by atoms with E-state index >= 15 is 0 Å². The fraction of sp³-hybridized carbons (Fsp3) is 0.333. The summed E-state index contributed by atoms with van der Waals surface area (Å²) in [5.74, 6) is 0.719. The van der Waals surface area contributed by atoms with Crippen LogP contribution in [0.5, 0.6) is 5.75 Å². The molecular weight excluding hydrogens is 304 g/mol. The number of rotatable bonds is 5. The molecule has 6 heteroatoms. The van der Waals surface area contributed by atoms with Gasteiger partial charge in [-0.3, -0.25) is 4.99 Å². The van der Waals surface area contributed by atoms with Gasteiger partial charge in [0.1, 0.15) is 22.3 Å². The molecule has 24 heavy (non-hydrogen) atoms. The van der Waals surface area contributed by atoms with Crippen LogP contribution in [0, 0.1) is 6.92 Å². The molecule has 2 aliphatic rings. The number of benzene rings is 2. The Hall–Kier alpha value is -2.60. The normalized spacial score (nSPS) is 12.2. The zero-order valence-electron chi connectivity index (χ0n) is 14.0. The van der Waals surface area contributed by atoms with Gasteiger partial charge in [-0.1, -0.05) is 13.3 Å². The van der Waals surface area contributed by atoms with Crippen LogP contribution in [-0.4, -0.2) is 23.3 Å². The molecule has 0 amide bonds. The van der Waals surface area contributed by atoms with Crippen molar-refractivity contribution in [2.75, 3.05) is 18.5 Å². The van der Waals surface area contributed by atoms with E-state index in [1.54, 1.807) is 12.1 Å². The molecular formula is C18H22N4O2. The first-order chi connectivity index (χ1) is 11.6. The average Bonchev–Trinajstić information content (AvgIpc) is 2.55. The lowest BCUT2D eigenvalue weighted by Crippen LogP contribution is -2.11. The summed E-state index contributed by atoms with van der Waals surface area (Å²) in [7, 11) is 0. The van der Waals surface area contributed by atoms with Gasteiger partial charge in [0.2, 0.25) is 0 Å². The van der Waals surface area contributed by atoms with Gasteiger partial charge in [0.15, 0.2) is 11.3 Å². The molecule has 1 aliphatic heterocycles. The number of unbranched alkanes of at least 4 members (excludes halogenated alkanes) is 1. The van der Waals surface area contributed by atoms with Crippen molar-refractivity contribution in [3.05, 3.63) is 35.2 Å². The molecule has 1 aromatic carbocycles. The number of anilines is 1. The van der Waals surface area contributed by atoms with Crippen LogP contribution in [0.4, 0.5) is 5.69 Å². The van der Waals surface area contributed by atoms with E-state index in [1.807, 2.05) is 19.1 Å². The minimum atomic E-state index is 0.124. The molecule has 1 aromatic rings. The van der Waals surface area contributed by atoms with Crippen molar-refractivity contribution in [3.63, 3.8) is 0 Å². The molecule has 3 rings (SSSR count). The van der Waals surface area contributed by atoms with Crippen molar-refractivity contribution in [1.82, 2.24) is 4.98 Å². The number of nitrogens with one attached hydrogen (secondary N) is 1. The molecule has 0 bridgehead atoms. The number of phenolic OH excluding ortho intramolecular Hbond substituents is 1. The second-order valence-corrected chi connectivity index (χ2v) is 5.77. The number of nitrogens with zero attached hydrogens (tertiary/aromatic N) is 2. The Morgan fingerprint density at radius 2 is 2.12 bits per heavy atom. The minimum absolute atomic E-state index is 0.124. The maximum Gasteiger partial charge on any atom is 0.155 e. The monoisotopic (exact) mass is 326 g/mol. The summed E-state index contributed by atoms with van der Waals surface area (Å²) in [5.41, 5.74) is 9.51. The van der Waals surface area contributed by atoms with Gasteiger partial charge in [-0.15, -0.1) is 0 Å². The van der Waals surface area contributed by atoms with Gasteiger partial charge in [0, 0.05) is 30.4 Å². The molecule has 0 aromatic heterocycles. The van der Waals surface area contributed by atoms with Crippen molar-refractivity contribution in [2.45, 2.75) is 26.7 Å². The van der Waals surface area contributed by atoms with Crippen molar-refractivity contribution in [3.8, 4) is 17.2 Å². The Balaban J connectivity index is 2.15. The van der Waals surface area contributed by atoms with E-state index < -0.39 is 0 Å². The van der Waals surface area contributed by atoms with Gasteiger partial charge >= 0.3 is 0 Å². The van der Waals surface area contributed by atoms with Crippen LogP contribution in [0.15, 0.2) is 33.7 Å². The topological polar surface area (TPSA) is 96.7 Å². The maximum atomic E-state index is 10.1. The summed E-state index contributed by atoms with van der Waals surface area (Å²) in [4.78, 5) is 9.00. The predicted octanol–water partition coefficient (Wildman–Crippen LogP) is 2.98. The summed E-state index contributed by atoms with van der Waals surface area (Å²) < 4.78 is 5.98. The quantitative estimate of drug-likeness (QED) is 0.380. The van der Waals surface area contributed by atoms with Crippen LogP contribution < -0.4 is 16.4 Å². The van der Waals surface area contributed by atoms with Gasteiger partial charge in [0.05, 0.1) is 6.67 Å². The Morgan fingerprint density at radius 3 is 2.88 bits per heavy atom. The zero-order valence-corrected chi connectivity index (χ0v) is 14.0. The molecule has 1 aliphatic carbocycles. The van der Waals surface area contributed by atoms with Crippen LogP contribution in [0.25, 0.3) is 22.6 Å². The highest BCUT2D eigenvalue weighted by Gasteiger charge is 2.13. The van der Waals surface area contributed by atoms with Crippen LogP contribution >= 0.6 is 0 Å². The van der Waals surface area contributed by atoms with Crippen LogP contribution in [0.1, 0.15) is 25.3 Å². The van der Waals surface area contributed by atoms with Crippen LogP contribution in [0.2, 0.25) is 0 Å². The number of aryl methyl sites for hydroxylation is 1. The largest absolute Gasteiger partial charge is 0.506 e. The number of hydrogen-bond acceptors (Lipinski definition) is 6. The van der Waals surface area contributed by atoms with E-state index in [9.17, 15) is 5.11 Å². The van der Waals surface area contributed by atoms with Gasteiger partial charge < -0.3 is 20.6 Å². The highest BCUT2D eigenvalue weighted by molar-refractivity contribution is 5.81. The third kappa shape index (κ3) is 3.19. The second kappa shape index (κ2) is 6.88. The van der Waals surface area contributed by atoms with Crippen LogP contribution in [0.3, 0.4) is 0 Å². The van der Waals surface area contributed by atoms with Gasteiger partial charge in [-0.25, -0.2) is 4.98 Å². The lowest BCUT2D eigenvalue weighted by molar-refractivity contribution is 0.465. The Morgan fingerprint density at radius 1 is 1.29 bits per heavy atom. The number of fused-ring (bicyclic) bond motifs is 2. The van der Waals surface area contributed by atoms with E-state index in [4.69, 9.17) is 10.2 Å².